The summed E-state index contributed by atoms with van der Waals surface area (Å²) in [5.41, 5.74) is -1.83. The standard InChI is InChI=1S/C10H19NO3/c1-5-10(14,8(4)12)9(13)11(6-2)7-3/h14H,5-7H2,1-4H3. The van der Waals surface area contributed by atoms with E-state index in [0.29, 0.717) is 13.1 Å². The molecule has 1 N–H and O–H groups in total. The second-order valence-electron chi connectivity index (χ2n) is 3.25. The zero-order valence-corrected chi connectivity index (χ0v) is 9.33. The molecule has 0 bridgehead atoms. The van der Waals surface area contributed by atoms with Gasteiger partial charge in [-0.3, -0.25) is 9.59 Å². The highest BCUT2D eigenvalue weighted by Crippen LogP contribution is 2.15. The Hall–Kier alpha value is -0.900. The van der Waals surface area contributed by atoms with E-state index in [1.165, 1.54) is 11.8 Å². The fraction of sp³-hybridized carbons (Fsp3) is 0.800. The van der Waals surface area contributed by atoms with Gasteiger partial charge in [0.05, 0.1) is 0 Å². The topological polar surface area (TPSA) is 57.6 Å². The van der Waals surface area contributed by atoms with E-state index in [1.54, 1.807) is 6.92 Å². The maximum absolute atomic E-state index is 11.8. The minimum absolute atomic E-state index is 0.123. The second-order valence-corrected chi connectivity index (χ2v) is 3.25. The largest absolute Gasteiger partial charge is 0.373 e. The lowest BCUT2D eigenvalue weighted by molar-refractivity contribution is -0.159. The first-order chi connectivity index (χ1) is 6.43. The summed E-state index contributed by atoms with van der Waals surface area (Å²) < 4.78 is 0. The Kier molecular flexibility index (Phi) is 4.77. The van der Waals surface area contributed by atoms with Crippen molar-refractivity contribution in [3.05, 3.63) is 0 Å². The molecule has 4 nitrogen and oxygen atoms in total. The lowest BCUT2D eigenvalue weighted by atomic mass is 9.94. The number of amides is 1. The Morgan fingerprint density at radius 1 is 1.21 bits per heavy atom. The number of rotatable bonds is 5. The van der Waals surface area contributed by atoms with Crippen molar-refractivity contribution in [3.63, 3.8) is 0 Å². The van der Waals surface area contributed by atoms with Crippen molar-refractivity contribution < 1.29 is 14.7 Å². The lowest BCUT2D eigenvalue weighted by Crippen LogP contribution is -2.53. The van der Waals surface area contributed by atoms with Gasteiger partial charge in [-0.15, -0.1) is 0 Å². The summed E-state index contributed by atoms with van der Waals surface area (Å²) in [6, 6.07) is 0. The van der Waals surface area contributed by atoms with E-state index < -0.39 is 17.3 Å². The van der Waals surface area contributed by atoms with E-state index in [4.69, 9.17) is 0 Å². The highest BCUT2D eigenvalue weighted by atomic mass is 16.3. The van der Waals surface area contributed by atoms with Crippen LogP contribution in [0.1, 0.15) is 34.1 Å². The highest BCUT2D eigenvalue weighted by Gasteiger charge is 2.41. The van der Waals surface area contributed by atoms with Crippen LogP contribution < -0.4 is 0 Å². The smallest absolute Gasteiger partial charge is 0.262 e. The summed E-state index contributed by atoms with van der Waals surface area (Å²) in [6.07, 6.45) is 0.123. The predicted octanol–water partition coefficient (Wildman–Crippen LogP) is 0.585. The number of Topliss-reactive ketones (excluding diaryl/α,β-unsaturated/α-hetero) is 1. The molecule has 14 heavy (non-hydrogen) atoms. The molecule has 0 saturated heterocycles. The van der Waals surface area contributed by atoms with Gasteiger partial charge < -0.3 is 10.0 Å². The van der Waals surface area contributed by atoms with Gasteiger partial charge in [0.2, 0.25) is 5.60 Å². The molecule has 0 rings (SSSR count). The first-order valence-corrected chi connectivity index (χ1v) is 4.96. The fourth-order valence-electron chi connectivity index (χ4n) is 1.32. The van der Waals surface area contributed by atoms with E-state index >= 15 is 0 Å². The van der Waals surface area contributed by atoms with Crippen LogP contribution in [0, 0.1) is 0 Å². The Morgan fingerprint density at radius 2 is 1.64 bits per heavy atom. The fourth-order valence-corrected chi connectivity index (χ4v) is 1.32. The van der Waals surface area contributed by atoms with Crippen molar-refractivity contribution in [2.24, 2.45) is 0 Å². The van der Waals surface area contributed by atoms with Crippen LogP contribution in [0.4, 0.5) is 0 Å². The molecule has 0 radical (unpaired) electrons. The van der Waals surface area contributed by atoms with Crippen LogP contribution in [-0.2, 0) is 9.59 Å². The molecule has 0 aromatic carbocycles. The van der Waals surface area contributed by atoms with Crippen LogP contribution in [0.3, 0.4) is 0 Å². The van der Waals surface area contributed by atoms with E-state index in [-0.39, 0.29) is 6.42 Å². The molecular weight excluding hydrogens is 182 g/mol. The average Bonchev–Trinajstić information content (AvgIpc) is 2.17. The predicted molar refractivity (Wildman–Crippen MR) is 53.8 cm³/mol. The maximum atomic E-state index is 11.8. The van der Waals surface area contributed by atoms with Crippen molar-refractivity contribution >= 4 is 11.7 Å². The summed E-state index contributed by atoms with van der Waals surface area (Å²) >= 11 is 0. The van der Waals surface area contributed by atoms with Crippen molar-refractivity contribution in [2.75, 3.05) is 13.1 Å². The van der Waals surface area contributed by atoms with Gasteiger partial charge in [0.1, 0.15) is 0 Å². The van der Waals surface area contributed by atoms with Crippen LogP contribution >= 0.6 is 0 Å². The molecule has 1 atom stereocenters. The molecule has 1 unspecified atom stereocenters. The zero-order valence-electron chi connectivity index (χ0n) is 9.33. The zero-order chi connectivity index (χ0) is 11.4. The van der Waals surface area contributed by atoms with E-state index in [2.05, 4.69) is 0 Å². The average molecular weight is 201 g/mol. The van der Waals surface area contributed by atoms with Gasteiger partial charge in [-0.25, -0.2) is 0 Å². The van der Waals surface area contributed by atoms with Crippen LogP contribution in [-0.4, -0.2) is 40.4 Å². The minimum atomic E-state index is -1.83. The number of carbonyl (C=O) groups is 2. The molecular formula is C10H19NO3. The van der Waals surface area contributed by atoms with E-state index in [1.807, 2.05) is 13.8 Å². The Balaban J connectivity index is 4.86. The quantitative estimate of drug-likeness (QED) is 0.662. The normalized spacial score (nSPS) is 14.6. The van der Waals surface area contributed by atoms with Gasteiger partial charge in [0, 0.05) is 13.1 Å². The Labute approximate surface area is 84.9 Å². The van der Waals surface area contributed by atoms with Crippen LogP contribution in [0.2, 0.25) is 0 Å². The summed E-state index contributed by atoms with van der Waals surface area (Å²) in [5, 5.41) is 9.86. The number of likely N-dealkylation sites (N-methyl/N-ethyl adjacent to an activating group) is 1. The van der Waals surface area contributed by atoms with Crippen molar-refractivity contribution in [1.82, 2.24) is 4.90 Å². The third-order valence-corrected chi connectivity index (χ3v) is 2.50. The Morgan fingerprint density at radius 3 is 1.86 bits per heavy atom. The molecule has 0 aliphatic rings. The number of hydrogen-bond donors (Lipinski definition) is 1. The van der Waals surface area contributed by atoms with Crippen molar-refractivity contribution in [3.8, 4) is 0 Å². The number of nitrogens with zero attached hydrogens (tertiary/aromatic N) is 1. The third-order valence-electron chi connectivity index (χ3n) is 2.50. The number of ketones is 1. The third kappa shape index (κ3) is 2.32. The first-order valence-electron chi connectivity index (χ1n) is 4.96. The van der Waals surface area contributed by atoms with Gasteiger partial charge in [0.15, 0.2) is 5.78 Å². The van der Waals surface area contributed by atoms with Crippen molar-refractivity contribution in [1.29, 1.82) is 0 Å². The molecule has 1 amide bonds. The van der Waals surface area contributed by atoms with Crippen LogP contribution in [0.25, 0.3) is 0 Å². The lowest BCUT2D eigenvalue weighted by Gasteiger charge is -2.29. The van der Waals surface area contributed by atoms with E-state index in [0.717, 1.165) is 0 Å². The van der Waals surface area contributed by atoms with Gasteiger partial charge >= 0.3 is 0 Å². The van der Waals surface area contributed by atoms with Gasteiger partial charge in [-0.05, 0) is 27.2 Å². The molecule has 0 fully saturated rings. The van der Waals surface area contributed by atoms with Gasteiger partial charge in [-0.2, -0.15) is 0 Å². The summed E-state index contributed by atoms with van der Waals surface area (Å²) in [6.45, 7) is 7.51. The van der Waals surface area contributed by atoms with Crippen molar-refractivity contribution in [2.45, 2.75) is 39.7 Å². The van der Waals surface area contributed by atoms with Crippen LogP contribution in [0.5, 0.6) is 0 Å². The molecule has 0 aromatic rings. The number of hydrogen-bond acceptors (Lipinski definition) is 3. The summed E-state index contributed by atoms with van der Waals surface area (Å²) in [7, 11) is 0. The minimum Gasteiger partial charge on any atom is -0.373 e. The molecule has 0 spiro atoms. The molecule has 0 heterocycles. The summed E-state index contributed by atoms with van der Waals surface area (Å²) in [4.78, 5) is 24.4. The van der Waals surface area contributed by atoms with Gasteiger partial charge in [-0.1, -0.05) is 6.92 Å². The maximum Gasteiger partial charge on any atom is 0.262 e. The first kappa shape index (κ1) is 13.1. The summed E-state index contributed by atoms with van der Waals surface area (Å²) in [5.74, 6) is -0.977. The molecule has 4 heteroatoms. The second kappa shape index (κ2) is 5.10. The van der Waals surface area contributed by atoms with Crippen LogP contribution in [0.15, 0.2) is 0 Å². The molecule has 0 saturated carbocycles. The SMILES string of the molecule is CCN(CC)C(=O)C(O)(CC)C(C)=O. The van der Waals surface area contributed by atoms with E-state index in [9.17, 15) is 14.7 Å². The number of carbonyl (C=O) groups excluding carboxylic acids is 2. The highest BCUT2D eigenvalue weighted by molar-refractivity contribution is 6.08. The molecule has 0 aromatic heterocycles. The number of aliphatic hydroxyl groups is 1. The molecule has 82 valence electrons. The molecule has 0 aliphatic heterocycles. The molecule has 0 aliphatic carbocycles. The Bertz CT molecular complexity index is 223. The van der Waals surface area contributed by atoms with Gasteiger partial charge in [0.25, 0.3) is 5.91 Å². The monoisotopic (exact) mass is 201 g/mol.